The van der Waals surface area contributed by atoms with E-state index in [1.165, 1.54) is 0 Å². The number of rotatable bonds is 8. The van der Waals surface area contributed by atoms with Crippen molar-refractivity contribution in [2.24, 2.45) is 5.92 Å². The van der Waals surface area contributed by atoms with Gasteiger partial charge in [-0.25, -0.2) is 10.0 Å². The van der Waals surface area contributed by atoms with Crippen LogP contribution in [0.25, 0.3) is 11.0 Å². The van der Waals surface area contributed by atoms with Gasteiger partial charge in [0.15, 0.2) is 0 Å². The number of likely N-dealkylation sites (tertiary alicyclic amines) is 1. The molecule has 2 aromatic rings. The highest BCUT2D eigenvalue weighted by atomic mass is 35.5. The van der Waals surface area contributed by atoms with Crippen molar-refractivity contribution >= 4 is 35.0 Å². The fourth-order valence-corrected chi connectivity index (χ4v) is 3.88. The van der Waals surface area contributed by atoms with Gasteiger partial charge in [-0.1, -0.05) is 31.4 Å². The zero-order valence-electron chi connectivity index (χ0n) is 15.4. The van der Waals surface area contributed by atoms with E-state index in [1.807, 2.05) is 11.0 Å². The number of hydrogen-bond donors (Lipinski definition) is 2. The summed E-state index contributed by atoms with van der Waals surface area (Å²) in [5, 5.41) is 10.8. The van der Waals surface area contributed by atoms with Crippen molar-refractivity contribution in [2.75, 3.05) is 13.1 Å². The average molecular weight is 393 g/mol. The van der Waals surface area contributed by atoms with Crippen LogP contribution in [0.3, 0.4) is 0 Å². The Morgan fingerprint density at radius 2 is 2.37 bits per heavy atom. The Morgan fingerprint density at radius 1 is 1.56 bits per heavy atom. The van der Waals surface area contributed by atoms with E-state index in [0.29, 0.717) is 29.5 Å². The van der Waals surface area contributed by atoms with E-state index in [9.17, 15) is 14.8 Å². The fraction of sp³-hybridized carbons (Fsp3) is 0.526. The first-order valence-corrected chi connectivity index (χ1v) is 9.77. The molecule has 1 aliphatic heterocycles. The van der Waals surface area contributed by atoms with E-state index in [2.05, 4.69) is 16.9 Å². The first-order valence-electron chi connectivity index (χ1n) is 9.40. The van der Waals surface area contributed by atoms with E-state index < -0.39 is 5.92 Å². The smallest absolute Gasteiger partial charge is 0.233 e. The molecule has 2 heterocycles. The zero-order chi connectivity index (χ0) is 19.4. The standard InChI is InChI=1S/C19H25ClN4O3/c1-2-3-5-13(11-23(27)12-25)19(26)24-9-4-6-17(24)18-21-15-8-7-14(20)10-16(15)22-18/h7-8,10,12-13,17,27H,2-6,9,11H2,1H3,(H,21,22)/t13-,17-/m0/s1. The van der Waals surface area contributed by atoms with Crippen LogP contribution in [0.15, 0.2) is 18.2 Å². The number of fused-ring (bicyclic) bond motifs is 1. The Bertz CT molecular complexity index is 809. The minimum Gasteiger partial charge on any atom is -0.340 e. The number of nitrogens with zero attached hydrogens (tertiary/aromatic N) is 3. The topological polar surface area (TPSA) is 89.5 Å². The highest BCUT2D eigenvalue weighted by Gasteiger charge is 2.35. The second kappa shape index (κ2) is 8.71. The van der Waals surface area contributed by atoms with Crippen molar-refractivity contribution in [1.29, 1.82) is 0 Å². The summed E-state index contributed by atoms with van der Waals surface area (Å²) in [6, 6.07) is 5.36. The molecule has 7 nitrogen and oxygen atoms in total. The maximum Gasteiger partial charge on any atom is 0.233 e. The van der Waals surface area contributed by atoms with E-state index >= 15 is 0 Å². The van der Waals surface area contributed by atoms with Crippen LogP contribution in [-0.4, -0.2) is 50.5 Å². The van der Waals surface area contributed by atoms with Crippen molar-refractivity contribution in [3.63, 3.8) is 0 Å². The summed E-state index contributed by atoms with van der Waals surface area (Å²) in [5.41, 5.74) is 1.67. The third-order valence-corrected chi connectivity index (χ3v) is 5.33. The molecule has 1 aromatic heterocycles. The van der Waals surface area contributed by atoms with Gasteiger partial charge < -0.3 is 9.88 Å². The van der Waals surface area contributed by atoms with Crippen LogP contribution in [0.1, 0.15) is 50.9 Å². The molecule has 1 aliphatic rings. The van der Waals surface area contributed by atoms with Crippen molar-refractivity contribution in [3.05, 3.63) is 29.0 Å². The SMILES string of the molecule is CCCC[C@@H](CN(O)C=O)C(=O)N1CCC[C@H]1c1nc2cc(Cl)ccc2[nH]1. The van der Waals surface area contributed by atoms with Crippen LogP contribution < -0.4 is 0 Å². The fourth-order valence-electron chi connectivity index (χ4n) is 3.72. The maximum absolute atomic E-state index is 13.2. The van der Waals surface area contributed by atoms with Gasteiger partial charge in [0, 0.05) is 11.6 Å². The number of aromatic amines is 1. The number of H-pyrrole nitrogens is 1. The molecule has 0 saturated carbocycles. The largest absolute Gasteiger partial charge is 0.340 e. The first kappa shape index (κ1) is 19.6. The Labute approximate surface area is 163 Å². The van der Waals surface area contributed by atoms with Crippen LogP contribution in [0, 0.1) is 5.92 Å². The molecule has 2 atom stereocenters. The summed E-state index contributed by atoms with van der Waals surface area (Å²) in [4.78, 5) is 33.7. The predicted molar refractivity (Wildman–Crippen MR) is 102 cm³/mol. The summed E-state index contributed by atoms with van der Waals surface area (Å²) >= 11 is 6.04. The van der Waals surface area contributed by atoms with Gasteiger partial charge >= 0.3 is 0 Å². The molecule has 1 aromatic carbocycles. The lowest BCUT2D eigenvalue weighted by molar-refractivity contribution is -0.157. The van der Waals surface area contributed by atoms with Crippen molar-refractivity contribution in [3.8, 4) is 0 Å². The van der Waals surface area contributed by atoms with E-state index in [-0.39, 0.29) is 18.5 Å². The number of carbonyl (C=O) groups is 2. The summed E-state index contributed by atoms with van der Waals surface area (Å²) in [6.07, 6.45) is 4.52. The van der Waals surface area contributed by atoms with Crippen LogP contribution >= 0.6 is 11.6 Å². The summed E-state index contributed by atoms with van der Waals surface area (Å²) in [7, 11) is 0. The highest BCUT2D eigenvalue weighted by Crippen LogP contribution is 2.33. The third-order valence-electron chi connectivity index (χ3n) is 5.10. The lowest BCUT2D eigenvalue weighted by atomic mass is 9.99. The van der Waals surface area contributed by atoms with Crippen LogP contribution in [0.5, 0.6) is 0 Å². The molecule has 2 N–H and O–H groups in total. The minimum atomic E-state index is -0.417. The number of aromatic nitrogens is 2. The summed E-state index contributed by atoms with van der Waals surface area (Å²) in [6.45, 7) is 2.72. The third kappa shape index (κ3) is 4.42. The van der Waals surface area contributed by atoms with Gasteiger partial charge in [-0.2, -0.15) is 0 Å². The number of halogens is 1. The van der Waals surface area contributed by atoms with Gasteiger partial charge in [-0.15, -0.1) is 0 Å². The summed E-state index contributed by atoms with van der Waals surface area (Å²) in [5.74, 6) is 0.300. The van der Waals surface area contributed by atoms with E-state index in [1.54, 1.807) is 12.1 Å². The molecule has 2 amide bonds. The number of unbranched alkanes of at least 4 members (excludes halogenated alkanes) is 1. The van der Waals surface area contributed by atoms with Crippen molar-refractivity contribution in [1.82, 2.24) is 19.9 Å². The minimum absolute atomic E-state index is 0.0152. The Balaban J connectivity index is 1.81. The molecular formula is C19H25ClN4O3. The number of hydrogen-bond acceptors (Lipinski definition) is 4. The second-order valence-electron chi connectivity index (χ2n) is 7.04. The van der Waals surface area contributed by atoms with Crippen molar-refractivity contribution in [2.45, 2.75) is 45.1 Å². The normalized spacial score (nSPS) is 18.0. The van der Waals surface area contributed by atoms with Gasteiger partial charge in [-0.3, -0.25) is 14.8 Å². The van der Waals surface area contributed by atoms with Crippen LogP contribution in [-0.2, 0) is 9.59 Å². The summed E-state index contributed by atoms with van der Waals surface area (Å²) < 4.78 is 0. The van der Waals surface area contributed by atoms with Crippen molar-refractivity contribution < 1.29 is 14.8 Å². The second-order valence-corrected chi connectivity index (χ2v) is 7.48. The molecule has 27 heavy (non-hydrogen) atoms. The van der Waals surface area contributed by atoms with E-state index in [4.69, 9.17) is 11.6 Å². The maximum atomic E-state index is 13.2. The monoisotopic (exact) mass is 392 g/mol. The molecule has 0 radical (unpaired) electrons. The molecule has 0 bridgehead atoms. The molecule has 0 spiro atoms. The number of benzene rings is 1. The number of nitrogens with one attached hydrogen (secondary N) is 1. The molecule has 8 heteroatoms. The average Bonchev–Trinajstić information content (AvgIpc) is 3.30. The quantitative estimate of drug-likeness (QED) is 0.408. The lowest BCUT2D eigenvalue weighted by Crippen LogP contribution is -2.40. The molecule has 146 valence electrons. The molecule has 1 saturated heterocycles. The van der Waals surface area contributed by atoms with Gasteiger partial charge in [0.25, 0.3) is 0 Å². The Kier molecular flexibility index (Phi) is 6.34. The highest BCUT2D eigenvalue weighted by molar-refractivity contribution is 6.31. The Hall–Kier alpha value is -2.12. The predicted octanol–water partition coefficient (Wildman–Crippen LogP) is 3.53. The number of imidazole rings is 1. The van der Waals surface area contributed by atoms with Crippen LogP contribution in [0.2, 0.25) is 5.02 Å². The van der Waals surface area contributed by atoms with E-state index in [0.717, 1.165) is 42.5 Å². The number of carbonyl (C=O) groups excluding carboxylic acids is 2. The number of hydroxylamine groups is 2. The van der Waals surface area contributed by atoms with Gasteiger partial charge in [0.2, 0.25) is 12.3 Å². The Morgan fingerprint density at radius 3 is 3.11 bits per heavy atom. The molecule has 3 rings (SSSR count). The molecule has 1 fully saturated rings. The zero-order valence-corrected chi connectivity index (χ0v) is 16.2. The van der Waals surface area contributed by atoms with Gasteiger partial charge in [0.1, 0.15) is 5.82 Å². The van der Waals surface area contributed by atoms with Crippen LogP contribution in [0.4, 0.5) is 0 Å². The lowest BCUT2D eigenvalue weighted by Gasteiger charge is -2.29. The first-order chi connectivity index (χ1) is 13.0. The van der Waals surface area contributed by atoms with Gasteiger partial charge in [0.05, 0.1) is 29.5 Å². The molecular weight excluding hydrogens is 368 g/mol. The molecule has 0 unspecified atom stereocenters. The number of amides is 2. The molecule has 0 aliphatic carbocycles. The van der Waals surface area contributed by atoms with Gasteiger partial charge in [-0.05, 0) is 37.5 Å².